The second-order valence-corrected chi connectivity index (χ2v) is 9.12. The molecule has 1 unspecified atom stereocenters. The molecule has 5 rings (SSSR count). The Kier molecular flexibility index (Phi) is 6.89. The molecule has 0 saturated carbocycles. The van der Waals surface area contributed by atoms with Crippen LogP contribution in [-0.4, -0.2) is 53.0 Å². The minimum atomic E-state index is -0.308. The van der Waals surface area contributed by atoms with Crippen LogP contribution < -0.4 is 9.64 Å². The van der Waals surface area contributed by atoms with E-state index in [-0.39, 0.29) is 24.1 Å². The number of halogens is 1. The van der Waals surface area contributed by atoms with Crippen molar-refractivity contribution in [3.8, 4) is 5.75 Å². The number of hydrogen-bond donors (Lipinski definition) is 0. The maximum absolute atomic E-state index is 14.2. The molecule has 0 N–H and O–H groups in total. The second-order valence-electron chi connectivity index (χ2n) is 9.12. The molecule has 186 valence electrons. The molecular formula is C29H31FN4O2. The summed E-state index contributed by atoms with van der Waals surface area (Å²) in [6.07, 6.45) is 2.06. The first-order chi connectivity index (χ1) is 17.5. The molecular weight excluding hydrogens is 455 g/mol. The first-order valence-corrected chi connectivity index (χ1v) is 12.5. The molecule has 2 aromatic carbocycles. The van der Waals surface area contributed by atoms with Crippen molar-refractivity contribution in [3.05, 3.63) is 95.7 Å². The van der Waals surface area contributed by atoms with E-state index in [1.165, 1.54) is 12.1 Å². The molecule has 2 aromatic heterocycles. The van der Waals surface area contributed by atoms with Crippen LogP contribution in [0.25, 0.3) is 5.65 Å². The number of pyridine rings is 1. The van der Waals surface area contributed by atoms with E-state index >= 15 is 0 Å². The Hall–Kier alpha value is -3.87. The van der Waals surface area contributed by atoms with Gasteiger partial charge in [-0.1, -0.05) is 30.3 Å². The van der Waals surface area contributed by atoms with Crippen molar-refractivity contribution in [2.45, 2.75) is 26.2 Å². The van der Waals surface area contributed by atoms with Gasteiger partial charge in [0.2, 0.25) is 5.91 Å². The molecule has 0 aliphatic carbocycles. The number of piperazine rings is 1. The average Bonchev–Trinajstić information content (AvgIpc) is 3.33. The van der Waals surface area contributed by atoms with Crippen LogP contribution in [0.5, 0.6) is 5.75 Å². The summed E-state index contributed by atoms with van der Waals surface area (Å²) in [5, 5.41) is 0. The first-order valence-electron chi connectivity index (χ1n) is 12.5. The molecule has 6 nitrogen and oxygen atoms in total. The monoisotopic (exact) mass is 486 g/mol. The molecule has 1 fully saturated rings. The summed E-state index contributed by atoms with van der Waals surface area (Å²) in [7, 11) is 0. The summed E-state index contributed by atoms with van der Waals surface area (Å²) < 4.78 is 22.1. The fraction of sp³-hybridized carbons (Fsp3) is 0.310. The number of carbonyl (C=O) groups is 1. The fourth-order valence-corrected chi connectivity index (χ4v) is 5.09. The van der Waals surface area contributed by atoms with Gasteiger partial charge < -0.3 is 18.9 Å². The molecule has 4 aromatic rings. The fourth-order valence-electron chi connectivity index (χ4n) is 5.09. The maximum atomic E-state index is 14.2. The number of aryl methyl sites for hydroxylation is 1. The number of benzene rings is 2. The molecule has 0 spiro atoms. The summed E-state index contributed by atoms with van der Waals surface area (Å²) in [6.45, 7) is 7.32. The van der Waals surface area contributed by atoms with Gasteiger partial charge in [0.1, 0.15) is 17.2 Å². The zero-order valence-corrected chi connectivity index (χ0v) is 20.7. The average molecular weight is 487 g/mol. The number of nitrogens with zero attached hydrogens (tertiary/aromatic N) is 4. The predicted octanol–water partition coefficient (Wildman–Crippen LogP) is 5.05. The number of rotatable bonds is 7. The van der Waals surface area contributed by atoms with Crippen LogP contribution in [0.1, 0.15) is 36.2 Å². The molecule has 0 radical (unpaired) electrons. The molecule has 1 aliphatic heterocycles. The lowest BCUT2D eigenvalue weighted by Crippen LogP contribution is -2.49. The van der Waals surface area contributed by atoms with Gasteiger partial charge in [0.15, 0.2) is 0 Å². The number of imidazole rings is 1. The van der Waals surface area contributed by atoms with Crippen LogP contribution >= 0.6 is 0 Å². The summed E-state index contributed by atoms with van der Waals surface area (Å²) >= 11 is 0. The molecule has 0 bridgehead atoms. The maximum Gasteiger partial charge on any atom is 0.223 e. The molecule has 36 heavy (non-hydrogen) atoms. The Morgan fingerprint density at radius 2 is 1.81 bits per heavy atom. The van der Waals surface area contributed by atoms with E-state index in [0.717, 1.165) is 47.1 Å². The number of aromatic nitrogens is 2. The highest BCUT2D eigenvalue weighted by Gasteiger charge is 2.28. The Balaban J connectivity index is 1.36. The Labute approximate surface area is 210 Å². The smallest absolute Gasteiger partial charge is 0.223 e. The van der Waals surface area contributed by atoms with Gasteiger partial charge in [0, 0.05) is 50.4 Å². The van der Waals surface area contributed by atoms with Crippen LogP contribution in [0.2, 0.25) is 0 Å². The van der Waals surface area contributed by atoms with Crippen molar-refractivity contribution < 1.29 is 13.9 Å². The molecule has 1 saturated heterocycles. The number of anilines is 1. The van der Waals surface area contributed by atoms with Crippen LogP contribution in [0.15, 0.2) is 72.9 Å². The number of amides is 1. The highest BCUT2D eigenvalue weighted by Crippen LogP contribution is 2.32. The van der Waals surface area contributed by atoms with E-state index in [9.17, 15) is 9.18 Å². The van der Waals surface area contributed by atoms with E-state index < -0.39 is 0 Å². The van der Waals surface area contributed by atoms with Crippen molar-refractivity contribution in [2.75, 3.05) is 37.7 Å². The highest BCUT2D eigenvalue weighted by atomic mass is 19.1. The normalized spacial score (nSPS) is 14.8. The van der Waals surface area contributed by atoms with Gasteiger partial charge in [-0.2, -0.15) is 0 Å². The van der Waals surface area contributed by atoms with E-state index in [1.807, 2.05) is 67.4 Å². The van der Waals surface area contributed by atoms with E-state index in [2.05, 4.69) is 20.4 Å². The van der Waals surface area contributed by atoms with Gasteiger partial charge in [-0.3, -0.25) is 4.79 Å². The first kappa shape index (κ1) is 23.9. The van der Waals surface area contributed by atoms with Gasteiger partial charge in [-0.25, -0.2) is 9.37 Å². The summed E-state index contributed by atoms with van der Waals surface area (Å²) in [4.78, 5) is 22.3. The molecule has 3 heterocycles. The van der Waals surface area contributed by atoms with Crippen LogP contribution in [0, 0.1) is 12.7 Å². The molecule has 1 amide bonds. The highest BCUT2D eigenvalue weighted by molar-refractivity contribution is 5.78. The largest absolute Gasteiger partial charge is 0.492 e. The van der Waals surface area contributed by atoms with Crippen molar-refractivity contribution in [2.24, 2.45) is 0 Å². The third-order valence-corrected chi connectivity index (χ3v) is 6.88. The van der Waals surface area contributed by atoms with Crippen molar-refractivity contribution in [1.29, 1.82) is 0 Å². The van der Waals surface area contributed by atoms with Crippen LogP contribution in [-0.2, 0) is 4.79 Å². The van der Waals surface area contributed by atoms with Gasteiger partial charge in [0.05, 0.1) is 18.0 Å². The zero-order chi connectivity index (χ0) is 25.1. The van der Waals surface area contributed by atoms with Gasteiger partial charge in [0.25, 0.3) is 0 Å². The van der Waals surface area contributed by atoms with Crippen LogP contribution in [0.4, 0.5) is 10.1 Å². The van der Waals surface area contributed by atoms with Gasteiger partial charge in [-0.15, -0.1) is 0 Å². The minimum Gasteiger partial charge on any atom is -0.492 e. The van der Waals surface area contributed by atoms with E-state index in [4.69, 9.17) is 4.74 Å². The molecule has 1 aliphatic rings. The van der Waals surface area contributed by atoms with Gasteiger partial charge >= 0.3 is 0 Å². The lowest BCUT2D eigenvalue weighted by Gasteiger charge is -2.37. The van der Waals surface area contributed by atoms with Crippen molar-refractivity contribution >= 4 is 17.2 Å². The number of para-hydroxylation sites is 2. The quantitative estimate of drug-likeness (QED) is 0.367. The third kappa shape index (κ3) is 4.78. The Bertz CT molecular complexity index is 1360. The standard InChI is InChI=1S/C29H31FN4O2/c1-3-36-27-12-5-4-11-25(27)32-14-16-33(17-15-32)29(35)19-24(22-9-7-10-23(30)18-22)26-20-31-28-13-6-8-21(2)34(26)28/h4-13,18,20,24H,3,14-17,19H2,1-2H3. The Morgan fingerprint density at radius 3 is 2.58 bits per heavy atom. The van der Waals surface area contributed by atoms with Crippen molar-refractivity contribution in [1.82, 2.24) is 14.3 Å². The number of fused-ring (bicyclic) bond motifs is 1. The lowest BCUT2D eigenvalue weighted by atomic mass is 9.91. The summed E-state index contributed by atoms with van der Waals surface area (Å²) in [5.74, 6) is 0.317. The topological polar surface area (TPSA) is 50.1 Å². The number of ether oxygens (including phenoxy) is 1. The predicted molar refractivity (Wildman–Crippen MR) is 139 cm³/mol. The third-order valence-electron chi connectivity index (χ3n) is 6.88. The van der Waals surface area contributed by atoms with Crippen LogP contribution in [0.3, 0.4) is 0 Å². The number of carbonyl (C=O) groups excluding carboxylic acids is 1. The lowest BCUT2D eigenvalue weighted by molar-refractivity contribution is -0.131. The Morgan fingerprint density at radius 1 is 1.03 bits per heavy atom. The van der Waals surface area contributed by atoms with Crippen molar-refractivity contribution in [3.63, 3.8) is 0 Å². The molecule has 7 heteroatoms. The number of hydrogen-bond acceptors (Lipinski definition) is 4. The van der Waals surface area contributed by atoms with Gasteiger partial charge in [-0.05, 0) is 55.8 Å². The molecule has 1 atom stereocenters. The zero-order valence-electron chi connectivity index (χ0n) is 20.7. The minimum absolute atomic E-state index is 0.0607. The summed E-state index contributed by atoms with van der Waals surface area (Å²) in [6, 6.07) is 20.5. The van der Waals surface area contributed by atoms with E-state index in [0.29, 0.717) is 19.7 Å². The summed E-state index contributed by atoms with van der Waals surface area (Å²) in [5.41, 5.74) is 4.57. The second kappa shape index (κ2) is 10.4. The van der Waals surface area contributed by atoms with E-state index in [1.54, 1.807) is 6.07 Å². The SMILES string of the molecule is CCOc1ccccc1N1CCN(C(=O)CC(c2cccc(F)c2)c2cnc3cccc(C)n23)CC1.